The maximum atomic E-state index is 14.0. The van der Waals surface area contributed by atoms with E-state index in [4.69, 9.17) is 32.7 Å². The molecule has 0 amide bonds. The van der Waals surface area contributed by atoms with Gasteiger partial charge in [-0.25, -0.2) is 0 Å². The number of ketones is 2. The lowest BCUT2D eigenvalue weighted by molar-refractivity contribution is -0.154. The van der Waals surface area contributed by atoms with Crippen LogP contribution in [0.5, 0.6) is 0 Å². The van der Waals surface area contributed by atoms with Gasteiger partial charge in [0, 0.05) is 5.92 Å². The van der Waals surface area contributed by atoms with Crippen LogP contribution in [0.3, 0.4) is 0 Å². The first kappa shape index (κ1) is 24.7. The number of Topliss-reactive ketones (excluding diaryl/α,β-unsaturated/α-hetero) is 2. The molecule has 3 unspecified atom stereocenters. The third kappa shape index (κ3) is 4.26. The number of epoxide rings is 1. The van der Waals surface area contributed by atoms with Crippen LogP contribution in [0, 0.1) is 41.4 Å². The number of cyclic esters (lactones) is 1. The van der Waals surface area contributed by atoms with E-state index in [2.05, 4.69) is 32.9 Å². The van der Waals surface area contributed by atoms with Crippen molar-refractivity contribution < 1.29 is 23.9 Å². The van der Waals surface area contributed by atoms with Crippen molar-refractivity contribution in [1.29, 1.82) is 0 Å². The quantitative estimate of drug-likeness (QED) is 0.158. The maximum Gasteiger partial charge on any atom is 0.316 e. The first-order valence-electron chi connectivity index (χ1n) is 11.8. The molecule has 0 N–H and O–H groups in total. The molecule has 7 heteroatoms. The van der Waals surface area contributed by atoms with Gasteiger partial charge in [-0.2, -0.15) is 0 Å². The highest BCUT2D eigenvalue weighted by molar-refractivity contribution is 6.68. The normalized spacial score (nSPS) is 49.1. The summed E-state index contributed by atoms with van der Waals surface area (Å²) in [4.78, 5) is 39.8. The summed E-state index contributed by atoms with van der Waals surface area (Å²) < 4.78 is 9.03. The Hall–Kier alpha value is -1.43. The van der Waals surface area contributed by atoms with Gasteiger partial charge in [0.1, 0.15) is 12.0 Å². The van der Waals surface area contributed by atoms with E-state index < -0.39 is 39.8 Å². The second-order valence-electron chi connectivity index (χ2n) is 10.4. The number of ether oxygens (including phenoxy) is 2. The largest absolute Gasteiger partial charge is 0.458 e. The fourth-order valence-corrected chi connectivity index (χ4v) is 6.77. The van der Waals surface area contributed by atoms with E-state index in [1.54, 1.807) is 13.0 Å². The molecule has 2 heterocycles. The number of allylic oxidation sites excluding steroid dienone is 5. The second-order valence-corrected chi connectivity index (χ2v) is 11.8. The molecule has 4 aliphatic rings. The highest BCUT2D eigenvalue weighted by atomic mass is 35.5. The number of halogens is 2. The van der Waals surface area contributed by atoms with Gasteiger partial charge in [-0.05, 0) is 62.9 Å². The fraction of sp³-hybridized carbons (Fsp3) is 0.654. The second kappa shape index (κ2) is 8.66. The third-order valence-electron chi connectivity index (χ3n) is 8.06. The van der Waals surface area contributed by atoms with Crippen molar-refractivity contribution in [2.45, 2.75) is 63.2 Å². The molecular weight excluding hydrogens is 463 g/mol. The minimum atomic E-state index is -2.34. The number of fused-ring (bicyclic) bond motifs is 4. The van der Waals surface area contributed by atoms with Gasteiger partial charge in [0.2, 0.25) is 4.33 Å². The number of rotatable bonds is 0. The summed E-state index contributed by atoms with van der Waals surface area (Å²) in [5.41, 5.74) is -0.164. The summed E-state index contributed by atoms with van der Waals surface area (Å²) in [5, 5.41) is 0. The van der Waals surface area contributed by atoms with Crippen molar-refractivity contribution in [2.75, 3.05) is 0 Å². The average molecular weight is 495 g/mol. The first-order valence-corrected chi connectivity index (χ1v) is 12.5. The van der Waals surface area contributed by atoms with Crippen LogP contribution < -0.4 is 0 Å². The summed E-state index contributed by atoms with van der Waals surface area (Å²) in [5.74, 6) is -3.95. The smallest absolute Gasteiger partial charge is 0.316 e. The molecule has 0 radical (unpaired) electrons. The monoisotopic (exact) mass is 494 g/mol. The zero-order chi connectivity index (χ0) is 24.3. The van der Waals surface area contributed by atoms with Gasteiger partial charge < -0.3 is 9.47 Å². The molecule has 2 fully saturated rings. The minimum absolute atomic E-state index is 0.00103. The highest BCUT2D eigenvalue weighted by Crippen LogP contribution is 2.60. The van der Waals surface area contributed by atoms with Crippen LogP contribution in [-0.2, 0) is 23.9 Å². The minimum Gasteiger partial charge on any atom is -0.458 e. The summed E-state index contributed by atoms with van der Waals surface area (Å²) >= 11 is 13.1. The number of carbonyl (C=O) groups is 3. The van der Waals surface area contributed by atoms with Crippen LogP contribution in [0.2, 0.25) is 0 Å². The Morgan fingerprint density at radius 2 is 1.61 bits per heavy atom. The van der Waals surface area contributed by atoms with E-state index >= 15 is 0 Å². The molecule has 180 valence electrons. The SMILES string of the molecule is CC1C2C3C(=O)C(Cl)(Cl)C(=O)[C@H](C)C(=O)O[C@@H](C)/C=C/C=C\[C@@H](C)[C@@H]3C=C[C@@H]2C[C@@]2(C)O[C@@H]12. The van der Waals surface area contributed by atoms with E-state index in [-0.39, 0.29) is 41.3 Å². The first-order chi connectivity index (χ1) is 15.4. The third-order valence-corrected chi connectivity index (χ3v) is 8.80. The molecule has 0 aromatic rings. The van der Waals surface area contributed by atoms with Gasteiger partial charge in [0.15, 0.2) is 11.6 Å². The average Bonchev–Trinajstić information content (AvgIpc) is 3.45. The highest BCUT2D eigenvalue weighted by Gasteiger charge is 2.65. The summed E-state index contributed by atoms with van der Waals surface area (Å²) in [6.45, 7) is 9.36. The van der Waals surface area contributed by atoms with E-state index in [0.717, 1.165) is 6.42 Å². The van der Waals surface area contributed by atoms with Crippen LogP contribution in [0.25, 0.3) is 0 Å². The molecule has 4 rings (SSSR count). The molecule has 0 aromatic carbocycles. The Morgan fingerprint density at radius 3 is 2.30 bits per heavy atom. The molecular formula is C26H32Cl2O5. The van der Waals surface area contributed by atoms with E-state index in [9.17, 15) is 14.4 Å². The van der Waals surface area contributed by atoms with Crippen LogP contribution in [0.4, 0.5) is 0 Å². The predicted molar refractivity (Wildman–Crippen MR) is 127 cm³/mol. The molecule has 5 nitrogen and oxygen atoms in total. The standard InChI is InChI=1S/C26H32Cl2O5/c1-13-8-6-7-9-14(2)32-24(31)16(4)21(29)26(27,28)22(30)20-18(13)11-10-17-12-25(5)23(33-25)15(3)19(17)20/h6-11,13-20,23H,12H2,1-5H3/b8-6-,9-7+/t13-,14+,15?,16+,17-,18+,19?,20?,23+,25-/m1/s1. The predicted octanol–water partition coefficient (Wildman–Crippen LogP) is 4.86. The Morgan fingerprint density at radius 1 is 0.939 bits per heavy atom. The van der Waals surface area contributed by atoms with Gasteiger partial charge in [0.05, 0.1) is 11.7 Å². The fourth-order valence-electron chi connectivity index (χ4n) is 6.19. The molecule has 0 bridgehead atoms. The number of carbonyl (C=O) groups excluding carboxylic acids is 3. The lowest BCUT2D eigenvalue weighted by Gasteiger charge is -2.47. The molecule has 10 atom stereocenters. The van der Waals surface area contributed by atoms with E-state index in [1.165, 1.54) is 6.92 Å². The molecule has 0 aromatic heterocycles. The molecule has 33 heavy (non-hydrogen) atoms. The van der Waals surface area contributed by atoms with Crippen molar-refractivity contribution in [1.82, 2.24) is 0 Å². The van der Waals surface area contributed by atoms with Crippen molar-refractivity contribution in [3.8, 4) is 0 Å². The van der Waals surface area contributed by atoms with Gasteiger partial charge in [-0.3, -0.25) is 14.4 Å². The zero-order valence-electron chi connectivity index (χ0n) is 19.7. The number of hydrogen-bond donors (Lipinski definition) is 0. The number of esters is 1. The number of hydrogen-bond acceptors (Lipinski definition) is 5. The summed E-state index contributed by atoms with van der Waals surface area (Å²) in [6, 6.07) is 0. The van der Waals surface area contributed by atoms with Crippen molar-refractivity contribution in [3.63, 3.8) is 0 Å². The van der Waals surface area contributed by atoms with Crippen LogP contribution in [0.15, 0.2) is 36.5 Å². The number of alkyl halides is 2. The maximum absolute atomic E-state index is 14.0. The Balaban J connectivity index is 1.78. The van der Waals surface area contributed by atoms with Crippen molar-refractivity contribution >= 4 is 40.7 Å². The van der Waals surface area contributed by atoms with Gasteiger partial charge in [-0.1, -0.05) is 67.4 Å². The van der Waals surface area contributed by atoms with Gasteiger partial charge >= 0.3 is 5.97 Å². The topological polar surface area (TPSA) is 73.0 Å². The molecule has 2 aliphatic heterocycles. The van der Waals surface area contributed by atoms with E-state index in [1.807, 2.05) is 18.2 Å². The molecule has 1 saturated carbocycles. The Labute approximate surface area is 205 Å². The van der Waals surface area contributed by atoms with E-state index in [0.29, 0.717) is 0 Å². The Kier molecular flexibility index (Phi) is 6.48. The van der Waals surface area contributed by atoms with Gasteiger partial charge in [0.25, 0.3) is 0 Å². The lowest BCUT2D eigenvalue weighted by Crippen LogP contribution is -2.54. The van der Waals surface area contributed by atoms with Crippen LogP contribution in [0.1, 0.15) is 41.0 Å². The molecule has 2 aliphatic carbocycles. The lowest BCUT2D eigenvalue weighted by atomic mass is 9.56. The molecule has 0 spiro atoms. The van der Waals surface area contributed by atoms with Gasteiger partial charge in [-0.15, -0.1) is 0 Å². The Bertz CT molecular complexity index is 937. The van der Waals surface area contributed by atoms with Crippen LogP contribution >= 0.6 is 23.2 Å². The zero-order valence-corrected chi connectivity index (χ0v) is 21.2. The van der Waals surface area contributed by atoms with Crippen molar-refractivity contribution in [2.24, 2.45) is 41.4 Å². The summed E-state index contributed by atoms with van der Waals surface area (Å²) in [7, 11) is 0. The van der Waals surface area contributed by atoms with Crippen molar-refractivity contribution in [3.05, 3.63) is 36.5 Å². The van der Waals surface area contributed by atoms with Crippen LogP contribution in [-0.4, -0.2) is 39.7 Å². The molecule has 1 saturated heterocycles. The summed E-state index contributed by atoms with van der Waals surface area (Å²) in [6.07, 6.45) is 12.1.